The predicted molar refractivity (Wildman–Crippen MR) is 61.9 cm³/mol. The van der Waals surface area contributed by atoms with Crippen LogP contribution in [0.1, 0.15) is 24.4 Å². The van der Waals surface area contributed by atoms with Gasteiger partial charge in [-0.1, -0.05) is 11.6 Å². The minimum atomic E-state index is -0.344. The Balaban J connectivity index is 0.00000196. The Morgan fingerprint density at radius 3 is 2.73 bits per heavy atom. The van der Waals surface area contributed by atoms with Crippen molar-refractivity contribution in [3.63, 3.8) is 0 Å². The fourth-order valence-electron chi connectivity index (χ4n) is 1.27. The molecule has 0 amide bonds. The van der Waals surface area contributed by atoms with Crippen LogP contribution < -0.4 is 5.73 Å². The van der Waals surface area contributed by atoms with Crippen LogP contribution in [0.2, 0.25) is 5.02 Å². The van der Waals surface area contributed by atoms with Gasteiger partial charge in [0.25, 0.3) is 0 Å². The Kier molecular flexibility index (Phi) is 6.85. The minimum absolute atomic E-state index is 0. The molecular weight excluding hydrogens is 240 g/mol. The highest BCUT2D eigenvalue weighted by molar-refractivity contribution is 6.31. The summed E-state index contributed by atoms with van der Waals surface area (Å²) in [6.07, 6.45) is 1.19. The Hall–Kier alpha value is -0.350. The van der Waals surface area contributed by atoms with Crippen LogP contribution in [0.4, 0.5) is 4.39 Å². The highest BCUT2D eigenvalue weighted by atomic mass is 35.5. The number of halogens is 3. The van der Waals surface area contributed by atoms with E-state index in [4.69, 9.17) is 22.4 Å². The van der Waals surface area contributed by atoms with E-state index in [1.165, 1.54) is 18.2 Å². The molecule has 5 heteroatoms. The summed E-state index contributed by atoms with van der Waals surface area (Å²) in [5.41, 5.74) is 6.39. The molecule has 86 valence electrons. The predicted octanol–water partition coefficient (Wildman–Crippen LogP) is 2.67. The van der Waals surface area contributed by atoms with Gasteiger partial charge in [0.05, 0.1) is 0 Å². The molecule has 0 aliphatic carbocycles. The van der Waals surface area contributed by atoms with Crippen molar-refractivity contribution >= 4 is 24.0 Å². The SMILES string of the molecule is Cl.N[C@@H](CCCO)c1cc(F)ccc1Cl. The van der Waals surface area contributed by atoms with Gasteiger partial charge < -0.3 is 10.8 Å². The topological polar surface area (TPSA) is 46.2 Å². The lowest BCUT2D eigenvalue weighted by atomic mass is 10.0. The number of benzene rings is 1. The van der Waals surface area contributed by atoms with Crippen molar-refractivity contribution in [1.82, 2.24) is 0 Å². The molecule has 0 saturated heterocycles. The van der Waals surface area contributed by atoms with Gasteiger partial charge in [0.1, 0.15) is 5.82 Å². The van der Waals surface area contributed by atoms with E-state index in [9.17, 15) is 4.39 Å². The normalized spacial score (nSPS) is 12.0. The second kappa shape index (κ2) is 7.01. The average molecular weight is 254 g/mol. The molecule has 0 aliphatic rings. The van der Waals surface area contributed by atoms with E-state index in [1.54, 1.807) is 0 Å². The van der Waals surface area contributed by atoms with E-state index < -0.39 is 0 Å². The Labute approximate surface area is 99.6 Å². The molecule has 0 bridgehead atoms. The van der Waals surface area contributed by atoms with E-state index in [0.717, 1.165) is 0 Å². The van der Waals surface area contributed by atoms with Gasteiger partial charge in [0.2, 0.25) is 0 Å². The maximum Gasteiger partial charge on any atom is 0.123 e. The molecule has 0 spiro atoms. The number of aliphatic hydroxyl groups excluding tert-OH is 1. The van der Waals surface area contributed by atoms with Crippen LogP contribution in [0, 0.1) is 5.82 Å². The summed E-state index contributed by atoms with van der Waals surface area (Å²) >= 11 is 5.86. The molecular formula is C10H14Cl2FNO. The number of rotatable bonds is 4. The number of nitrogens with two attached hydrogens (primary N) is 1. The number of hydrogen-bond acceptors (Lipinski definition) is 2. The van der Waals surface area contributed by atoms with Crippen LogP contribution in [0.3, 0.4) is 0 Å². The molecule has 0 radical (unpaired) electrons. The van der Waals surface area contributed by atoms with Gasteiger partial charge in [-0.2, -0.15) is 0 Å². The molecule has 1 atom stereocenters. The average Bonchev–Trinajstić information content (AvgIpc) is 2.18. The van der Waals surface area contributed by atoms with Gasteiger partial charge >= 0.3 is 0 Å². The fourth-order valence-corrected chi connectivity index (χ4v) is 1.52. The van der Waals surface area contributed by atoms with E-state index in [0.29, 0.717) is 23.4 Å². The lowest BCUT2D eigenvalue weighted by Gasteiger charge is -2.12. The van der Waals surface area contributed by atoms with E-state index >= 15 is 0 Å². The first-order valence-corrected chi connectivity index (χ1v) is 4.84. The lowest BCUT2D eigenvalue weighted by molar-refractivity contribution is 0.280. The first-order chi connectivity index (χ1) is 6.65. The van der Waals surface area contributed by atoms with Gasteiger partial charge in [-0.25, -0.2) is 4.39 Å². The molecule has 0 unspecified atom stereocenters. The van der Waals surface area contributed by atoms with Gasteiger partial charge in [-0.15, -0.1) is 12.4 Å². The lowest BCUT2D eigenvalue weighted by Crippen LogP contribution is -2.11. The van der Waals surface area contributed by atoms with Crippen LogP contribution in [0.25, 0.3) is 0 Å². The molecule has 1 rings (SSSR count). The van der Waals surface area contributed by atoms with Crippen molar-refractivity contribution in [2.24, 2.45) is 5.73 Å². The highest BCUT2D eigenvalue weighted by Crippen LogP contribution is 2.24. The summed E-state index contributed by atoms with van der Waals surface area (Å²) in [7, 11) is 0. The van der Waals surface area contributed by atoms with Crippen LogP contribution in [-0.2, 0) is 0 Å². The summed E-state index contributed by atoms with van der Waals surface area (Å²) in [4.78, 5) is 0. The van der Waals surface area contributed by atoms with E-state index in [1.807, 2.05) is 0 Å². The van der Waals surface area contributed by atoms with Crippen LogP contribution >= 0.6 is 24.0 Å². The monoisotopic (exact) mass is 253 g/mol. The molecule has 0 heterocycles. The Morgan fingerprint density at radius 2 is 2.13 bits per heavy atom. The van der Waals surface area contributed by atoms with Gasteiger partial charge in [0, 0.05) is 17.7 Å². The molecule has 1 aromatic rings. The minimum Gasteiger partial charge on any atom is -0.396 e. The zero-order valence-electron chi connectivity index (χ0n) is 8.12. The molecule has 2 nitrogen and oxygen atoms in total. The summed E-state index contributed by atoms with van der Waals surface area (Å²) in [5, 5.41) is 9.09. The summed E-state index contributed by atoms with van der Waals surface area (Å²) in [6, 6.07) is 3.81. The summed E-state index contributed by atoms with van der Waals surface area (Å²) in [5.74, 6) is -0.344. The van der Waals surface area contributed by atoms with Crippen molar-refractivity contribution in [2.45, 2.75) is 18.9 Å². The quantitative estimate of drug-likeness (QED) is 0.867. The van der Waals surface area contributed by atoms with Crippen molar-refractivity contribution in [1.29, 1.82) is 0 Å². The fraction of sp³-hybridized carbons (Fsp3) is 0.400. The molecule has 1 aromatic carbocycles. The number of hydrogen-bond donors (Lipinski definition) is 2. The Morgan fingerprint density at radius 1 is 1.47 bits per heavy atom. The second-order valence-corrected chi connectivity index (χ2v) is 3.55. The van der Waals surface area contributed by atoms with Crippen LogP contribution in [0.5, 0.6) is 0 Å². The van der Waals surface area contributed by atoms with Crippen LogP contribution in [-0.4, -0.2) is 11.7 Å². The van der Waals surface area contributed by atoms with Crippen molar-refractivity contribution in [3.05, 3.63) is 34.6 Å². The standard InChI is InChI=1S/C10H13ClFNO.ClH/c11-9-4-3-7(12)6-8(9)10(13)2-1-5-14;/h3-4,6,10,14H,1-2,5,13H2;1H/t10-;/m0./s1. The molecule has 0 saturated carbocycles. The first-order valence-electron chi connectivity index (χ1n) is 4.46. The maximum absolute atomic E-state index is 12.9. The Bertz CT molecular complexity index is 309. The smallest absolute Gasteiger partial charge is 0.123 e. The first kappa shape index (κ1) is 14.6. The van der Waals surface area contributed by atoms with Crippen molar-refractivity contribution in [2.75, 3.05) is 6.61 Å². The summed E-state index contributed by atoms with van der Waals surface area (Å²) in [6.45, 7) is 0.0840. The van der Waals surface area contributed by atoms with Gasteiger partial charge in [-0.3, -0.25) is 0 Å². The van der Waals surface area contributed by atoms with Gasteiger partial charge in [-0.05, 0) is 36.6 Å². The third-order valence-corrected chi connectivity index (χ3v) is 2.37. The van der Waals surface area contributed by atoms with Crippen molar-refractivity contribution < 1.29 is 9.50 Å². The number of aliphatic hydroxyl groups is 1. The molecule has 0 aromatic heterocycles. The third kappa shape index (κ3) is 4.34. The molecule has 3 N–H and O–H groups in total. The summed E-state index contributed by atoms with van der Waals surface area (Å²) < 4.78 is 12.9. The molecule has 0 fully saturated rings. The zero-order valence-corrected chi connectivity index (χ0v) is 9.69. The third-order valence-electron chi connectivity index (χ3n) is 2.03. The van der Waals surface area contributed by atoms with Crippen LogP contribution in [0.15, 0.2) is 18.2 Å². The second-order valence-electron chi connectivity index (χ2n) is 3.14. The zero-order chi connectivity index (χ0) is 10.6. The molecule has 0 aliphatic heterocycles. The molecule has 15 heavy (non-hydrogen) atoms. The van der Waals surface area contributed by atoms with E-state index in [2.05, 4.69) is 0 Å². The van der Waals surface area contributed by atoms with E-state index in [-0.39, 0.29) is 30.9 Å². The maximum atomic E-state index is 12.9. The largest absolute Gasteiger partial charge is 0.396 e. The van der Waals surface area contributed by atoms with Gasteiger partial charge in [0.15, 0.2) is 0 Å². The highest BCUT2D eigenvalue weighted by Gasteiger charge is 2.10. The van der Waals surface area contributed by atoms with Crippen molar-refractivity contribution in [3.8, 4) is 0 Å².